The van der Waals surface area contributed by atoms with Crippen LogP contribution in [0.25, 0.3) is 0 Å². The van der Waals surface area contributed by atoms with Crippen molar-refractivity contribution >= 4 is 11.9 Å². The van der Waals surface area contributed by atoms with Gasteiger partial charge in [0.1, 0.15) is 11.5 Å². The second-order valence-electron chi connectivity index (χ2n) is 8.21. The van der Waals surface area contributed by atoms with Gasteiger partial charge < -0.3 is 29.9 Å². The van der Waals surface area contributed by atoms with Crippen LogP contribution in [0.4, 0.5) is 4.79 Å². The van der Waals surface area contributed by atoms with Gasteiger partial charge in [-0.2, -0.15) is 0 Å². The lowest BCUT2D eigenvalue weighted by atomic mass is 9.96. The fourth-order valence-corrected chi connectivity index (χ4v) is 4.08. The molecule has 1 atom stereocenters. The maximum Gasteiger partial charge on any atom is 0.317 e. The zero-order valence-electron chi connectivity index (χ0n) is 20.3. The van der Waals surface area contributed by atoms with Crippen molar-refractivity contribution in [2.45, 2.75) is 46.1 Å². The SMILES string of the molecule is CCN(CC)CCCNC(=O)C1CCN(C(=O)NC(C)c2cc(OC)ccc2OC)CC1. The first-order chi connectivity index (χ1) is 15.4. The standard InChI is InChI=1S/C24H40N4O4/c1-6-27(7-2)14-8-13-25-23(29)19-11-15-28(16-12-19)24(30)26-18(3)21-17-20(31-4)9-10-22(21)32-5/h9-10,17-19H,6-8,11-16H2,1-5H3,(H,25,29)(H,26,30). The molecule has 1 fully saturated rings. The summed E-state index contributed by atoms with van der Waals surface area (Å²) in [7, 11) is 3.22. The fourth-order valence-electron chi connectivity index (χ4n) is 4.08. The van der Waals surface area contributed by atoms with E-state index in [1.807, 2.05) is 25.1 Å². The molecule has 2 rings (SSSR count). The predicted molar refractivity (Wildman–Crippen MR) is 126 cm³/mol. The Bertz CT molecular complexity index is 731. The van der Waals surface area contributed by atoms with Crippen LogP contribution in [0.15, 0.2) is 18.2 Å². The number of nitrogens with zero attached hydrogens (tertiary/aromatic N) is 2. The number of carbonyl (C=O) groups is 2. The van der Waals surface area contributed by atoms with Crippen LogP contribution in [0, 0.1) is 5.92 Å². The minimum absolute atomic E-state index is 0.0246. The van der Waals surface area contributed by atoms with E-state index in [9.17, 15) is 9.59 Å². The van der Waals surface area contributed by atoms with Gasteiger partial charge in [0.2, 0.25) is 5.91 Å². The van der Waals surface area contributed by atoms with E-state index in [-0.39, 0.29) is 23.9 Å². The van der Waals surface area contributed by atoms with E-state index in [2.05, 4.69) is 29.4 Å². The Morgan fingerprint density at radius 3 is 2.44 bits per heavy atom. The van der Waals surface area contributed by atoms with Crippen LogP contribution in [-0.2, 0) is 4.79 Å². The molecule has 0 aliphatic carbocycles. The van der Waals surface area contributed by atoms with Crippen LogP contribution in [0.2, 0.25) is 0 Å². The third kappa shape index (κ3) is 7.29. The molecular formula is C24H40N4O4. The zero-order valence-corrected chi connectivity index (χ0v) is 20.3. The Hall–Kier alpha value is -2.48. The Balaban J connectivity index is 1.78. The van der Waals surface area contributed by atoms with E-state index in [0.29, 0.717) is 44.0 Å². The quantitative estimate of drug-likeness (QED) is 0.509. The Labute approximate surface area is 192 Å². The molecular weight excluding hydrogens is 408 g/mol. The van der Waals surface area contributed by atoms with Gasteiger partial charge >= 0.3 is 6.03 Å². The van der Waals surface area contributed by atoms with Crippen molar-refractivity contribution in [3.63, 3.8) is 0 Å². The van der Waals surface area contributed by atoms with Gasteiger partial charge in [-0.15, -0.1) is 0 Å². The van der Waals surface area contributed by atoms with Crippen molar-refractivity contribution in [1.82, 2.24) is 20.4 Å². The summed E-state index contributed by atoms with van der Waals surface area (Å²) in [5.74, 6) is 1.50. The summed E-state index contributed by atoms with van der Waals surface area (Å²) < 4.78 is 10.7. The molecule has 8 heteroatoms. The first-order valence-corrected chi connectivity index (χ1v) is 11.7. The molecule has 1 aliphatic rings. The summed E-state index contributed by atoms with van der Waals surface area (Å²) in [4.78, 5) is 29.4. The number of methoxy groups -OCH3 is 2. The smallest absolute Gasteiger partial charge is 0.317 e. The molecule has 3 amide bonds. The largest absolute Gasteiger partial charge is 0.497 e. The first kappa shape index (κ1) is 25.8. The van der Waals surface area contributed by atoms with Crippen LogP contribution in [0.1, 0.15) is 51.6 Å². The minimum Gasteiger partial charge on any atom is -0.497 e. The number of carbonyl (C=O) groups excluding carboxylic acids is 2. The molecule has 1 heterocycles. The van der Waals surface area contributed by atoms with Gasteiger partial charge in [-0.25, -0.2) is 4.79 Å². The van der Waals surface area contributed by atoms with Crippen LogP contribution in [-0.4, -0.2) is 75.2 Å². The first-order valence-electron chi connectivity index (χ1n) is 11.7. The maximum absolute atomic E-state index is 12.8. The lowest BCUT2D eigenvalue weighted by molar-refractivity contribution is -0.126. The topological polar surface area (TPSA) is 83.1 Å². The molecule has 1 saturated heterocycles. The highest BCUT2D eigenvalue weighted by Crippen LogP contribution is 2.29. The normalized spacial score (nSPS) is 15.4. The fraction of sp³-hybridized carbons (Fsp3) is 0.667. The van der Waals surface area contributed by atoms with Crippen molar-refractivity contribution in [3.05, 3.63) is 23.8 Å². The molecule has 8 nitrogen and oxygen atoms in total. The van der Waals surface area contributed by atoms with Crippen molar-refractivity contribution in [2.75, 3.05) is 53.5 Å². The van der Waals surface area contributed by atoms with E-state index in [0.717, 1.165) is 31.6 Å². The summed E-state index contributed by atoms with van der Waals surface area (Å²) in [5, 5.41) is 6.11. The summed E-state index contributed by atoms with van der Waals surface area (Å²) in [6, 6.07) is 5.18. The number of hydrogen-bond donors (Lipinski definition) is 2. The minimum atomic E-state index is -0.237. The number of nitrogens with one attached hydrogen (secondary N) is 2. The van der Waals surface area contributed by atoms with Gasteiger partial charge in [-0.1, -0.05) is 13.8 Å². The van der Waals surface area contributed by atoms with Crippen LogP contribution < -0.4 is 20.1 Å². The molecule has 2 N–H and O–H groups in total. The number of hydrogen-bond acceptors (Lipinski definition) is 5. The second-order valence-corrected chi connectivity index (χ2v) is 8.21. The molecule has 180 valence electrons. The van der Waals surface area contributed by atoms with Crippen molar-refractivity contribution < 1.29 is 19.1 Å². The van der Waals surface area contributed by atoms with E-state index in [1.165, 1.54) is 0 Å². The Kier molecular flexibility index (Phi) is 10.6. The molecule has 0 bridgehead atoms. The average molecular weight is 449 g/mol. The molecule has 0 aromatic heterocycles. The lowest BCUT2D eigenvalue weighted by Gasteiger charge is -2.32. The number of rotatable bonds is 11. The predicted octanol–water partition coefficient (Wildman–Crippen LogP) is 3.03. The highest BCUT2D eigenvalue weighted by molar-refractivity contribution is 5.79. The highest BCUT2D eigenvalue weighted by atomic mass is 16.5. The number of piperidine rings is 1. The van der Waals surface area contributed by atoms with Crippen molar-refractivity contribution in [3.8, 4) is 11.5 Å². The van der Waals surface area contributed by atoms with Crippen molar-refractivity contribution in [1.29, 1.82) is 0 Å². The van der Waals surface area contributed by atoms with E-state index >= 15 is 0 Å². The number of ether oxygens (including phenoxy) is 2. The Morgan fingerprint density at radius 2 is 1.84 bits per heavy atom. The van der Waals surface area contributed by atoms with Crippen LogP contribution in [0.3, 0.4) is 0 Å². The Morgan fingerprint density at radius 1 is 1.16 bits per heavy atom. The third-order valence-electron chi connectivity index (χ3n) is 6.24. The number of urea groups is 1. The van der Waals surface area contributed by atoms with Gasteiger partial charge in [0.15, 0.2) is 0 Å². The summed E-state index contributed by atoms with van der Waals surface area (Å²) in [5.41, 5.74) is 0.860. The molecule has 0 radical (unpaired) electrons. The molecule has 1 aromatic carbocycles. The maximum atomic E-state index is 12.8. The van der Waals surface area contributed by atoms with E-state index in [1.54, 1.807) is 19.1 Å². The van der Waals surface area contributed by atoms with Gasteiger partial charge in [0, 0.05) is 31.1 Å². The molecule has 0 saturated carbocycles. The van der Waals surface area contributed by atoms with Gasteiger partial charge in [-0.05, 0) is 64.0 Å². The highest BCUT2D eigenvalue weighted by Gasteiger charge is 2.28. The third-order valence-corrected chi connectivity index (χ3v) is 6.24. The monoisotopic (exact) mass is 448 g/mol. The number of benzene rings is 1. The van der Waals surface area contributed by atoms with Crippen LogP contribution >= 0.6 is 0 Å². The average Bonchev–Trinajstić information content (AvgIpc) is 2.83. The van der Waals surface area contributed by atoms with Gasteiger partial charge in [0.05, 0.1) is 20.3 Å². The van der Waals surface area contributed by atoms with Crippen LogP contribution in [0.5, 0.6) is 11.5 Å². The summed E-state index contributed by atoms with van der Waals surface area (Å²) in [6.07, 6.45) is 2.33. The lowest BCUT2D eigenvalue weighted by Crippen LogP contribution is -2.47. The van der Waals surface area contributed by atoms with Gasteiger partial charge in [-0.3, -0.25) is 4.79 Å². The molecule has 1 aliphatic heterocycles. The summed E-state index contributed by atoms with van der Waals surface area (Å²) in [6.45, 7) is 11.2. The van der Waals surface area contributed by atoms with Gasteiger partial charge in [0.25, 0.3) is 0 Å². The van der Waals surface area contributed by atoms with Crippen molar-refractivity contribution in [2.24, 2.45) is 5.92 Å². The number of likely N-dealkylation sites (tertiary alicyclic amines) is 1. The molecule has 1 aromatic rings. The molecule has 1 unspecified atom stereocenters. The number of amides is 3. The summed E-state index contributed by atoms with van der Waals surface area (Å²) >= 11 is 0. The molecule has 0 spiro atoms. The molecule has 32 heavy (non-hydrogen) atoms. The van der Waals surface area contributed by atoms with E-state index < -0.39 is 0 Å². The second kappa shape index (κ2) is 13.2. The van der Waals surface area contributed by atoms with E-state index in [4.69, 9.17) is 9.47 Å². The zero-order chi connectivity index (χ0) is 23.5.